The minimum Gasteiger partial charge on any atom is -0.444 e. The van der Waals surface area contributed by atoms with Crippen molar-refractivity contribution < 1.29 is 38.9 Å². The second kappa shape index (κ2) is 12.6. The molecule has 0 unspecified atom stereocenters. The Labute approximate surface area is 173 Å². The molecule has 0 bridgehead atoms. The number of carbonyl (C=O) groups excluding carboxylic acids is 5. The number of aliphatic hydroxyl groups is 2. The average molecular weight is 434 g/mol. The Hall–Kier alpha value is -2.97. The second-order valence-corrected chi connectivity index (χ2v) is 7.17. The number of aliphatic hydroxyl groups excluding tert-OH is 2. The topological polar surface area (TPSA) is 221 Å². The van der Waals surface area contributed by atoms with Gasteiger partial charge in [0, 0.05) is 0 Å². The first-order chi connectivity index (χ1) is 13.8. The molecule has 0 spiro atoms. The number of hydrogen-bond donors (Lipinski definition) is 8. The Morgan fingerprint density at radius 3 is 2.00 bits per heavy atom. The number of carbonyl (C=O) groups is 5. The molecule has 14 nitrogen and oxygen atoms in total. The lowest BCUT2D eigenvalue weighted by molar-refractivity contribution is -0.134. The van der Waals surface area contributed by atoms with Crippen molar-refractivity contribution in [2.45, 2.75) is 51.5 Å². The van der Waals surface area contributed by atoms with Crippen LogP contribution in [0.5, 0.6) is 0 Å². The standard InChI is InChI=1S/C16H30N6O8/c1-8(24)12(14(28)19-5-10(25)18-6-11(26)22-17)21-13(27)9(7-23)20-15(29)30-16(2,3)4/h8-9,12,23-24H,5-7,17H2,1-4H3,(H,18,25)(H,19,28)(H,20,29)(H,21,27)(H,22,26)/t8-,9+,12+/m1/s1. The molecule has 30 heavy (non-hydrogen) atoms. The molecule has 0 fully saturated rings. The minimum atomic E-state index is -1.49. The first kappa shape index (κ1) is 27.0. The number of nitrogens with one attached hydrogen (secondary N) is 5. The van der Waals surface area contributed by atoms with E-state index in [9.17, 15) is 34.2 Å². The van der Waals surface area contributed by atoms with Gasteiger partial charge in [0.1, 0.15) is 17.7 Å². The van der Waals surface area contributed by atoms with E-state index in [2.05, 4.69) is 21.3 Å². The van der Waals surface area contributed by atoms with Crippen molar-refractivity contribution in [2.24, 2.45) is 5.84 Å². The molecule has 172 valence electrons. The minimum absolute atomic E-state index is 0.406. The van der Waals surface area contributed by atoms with Crippen molar-refractivity contribution in [3.63, 3.8) is 0 Å². The van der Waals surface area contributed by atoms with Crippen LogP contribution < -0.4 is 32.5 Å². The summed E-state index contributed by atoms with van der Waals surface area (Å²) >= 11 is 0. The third-order valence-electron chi connectivity index (χ3n) is 3.28. The molecule has 0 heterocycles. The van der Waals surface area contributed by atoms with Crippen molar-refractivity contribution in [3.8, 4) is 0 Å². The molecular weight excluding hydrogens is 404 g/mol. The third kappa shape index (κ3) is 11.1. The summed E-state index contributed by atoms with van der Waals surface area (Å²) in [6.45, 7) is 4.27. The van der Waals surface area contributed by atoms with Crippen LogP contribution in [0, 0.1) is 0 Å². The molecule has 0 aromatic carbocycles. The molecule has 0 saturated carbocycles. The maximum absolute atomic E-state index is 12.3. The molecule has 5 amide bonds. The molecule has 0 aliphatic heterocycles. The van der Waals surface area contributed by atoms with Crippen molar-refractivity contribution in [1.82, 2.24) is 26.7 Å². The number of hydrogen-bond acceptors (Lipinski definition) is 9. The molecule has 0 rings (SSSR count). The average Bonchev–Trinajstić information content (AvgIpc) is 2.64. The van der Waals surface area contributed by atoms with Gasteiger partial charge in [-0.1, -0.05) is 0 Å². The third-order valence-corrected chi connectivity index (χ3v) is 3.28. The first-order valence-corrected chi connectivity index (χ1v) is 8.93. The molecule has 0 aromatic rings. The fraction of sp³-hybridized carbons (Fsp3) is 0.688. The van der Waals surface area contributed by atoms with Gasteiger partial charge < -0.3 is 36.2 Å². The maximum Gasteiger partial charge on any atom is 0.408 e. The summed E-state index contributed by atoms with van der Waals surface area (Å²) in [6, 6.07) is -2.95. The van der Waals surface area contributed by atoms with Gasteiger partial charge in [-0.05, 0) is 27.7 Å². The van der Waals surface area contributed by atoms with E-state index in [4.69, 9.17) is 10.6 Å². The smallest absolute Gasteiger partial charge is 0.408 e. The largest absolute Gasteiger partial charge is 0.444 e. The number of hydrazine groups is 1. The van der Waals surface area contributed by atoms with E-state index in [1.54, 1.807) is 26.2 Å². The highest BCUT2D eigenvalue weighted by molar-refractivity contribution is 5.93. The molecular formula is C16H30N6O8. The van der Waals surface area contributed by atoms with Crippen molar-refractivity contribution in [1.29, 1.82) is 0 Å². The molecule has 14 heteroatoms. The lowest BCUT2D eigenvalue weighted by Crippen LogP contribution is -2.59. The quantitative estimate of drug-likeness (QED) is 0.0950. The van der Waals surface area contributed by atoms with E-state index < -0.39 is 73.2 Å². The van der Waals surface area contributed by atoms with Gasteiger partial charge in [0.05, 0.1) is 25.8 Å². The number of rotatable bonds is 10. The first-order valence-electron chi connectivity index (χ1n) is 8.93. The van der Waals surface area contributed by atoms with Gasteiger partial charge in [0.15, 0.2) is 0 Å². The van der Waals surface area contributed by atoms with Gasteiger partial charge >= 0.3 is 6.09 Å². The van der Waals surface area contributed by atoms with Crippen LogP contribution in [0.1, 0.15) is 27.7 Å². The van der Waals surface area contributed by atoms with Crippen LogP contribution in [0.25, 0.3) is 0 Å². The van der Waals surface area contributed by atoms with Crippen molar-refractivity contribution in [2.75, 3.05) is 19.7 Å². The Balaban J connectivity index is 4.82. The van der Waals surface area contributed by atoms with Gasteiger partial charge in [-0.3, -0.25) is 24.6 Å². The Morgan fingerprint density at radius 1 is 0.967 bits per heavy atom. The van der Waals surface area contributed by atoms with E-state index in [1.807, 2.05) is 0 Å². The van der Waals surface area contributed by atoms with E-state index in [1.165, 1.54) is 6.92 Å². The number of ether oxygens (including phenoxy) is 1. The van der Waals surface area contributed by atoms with Crippen LogP contribution in [0.4, 0.5) is 4.79 Å². The van der Waals surface area contributed by atoms with Crippen LogP contribution in [-0.4, -0.2) is 83.4 Å². The van der Waals surface area contributed by atoms with Gasteiger partial charge in [-0.15, -0.1) is 0 Å². The Kier molecular flexibility index (Phi) is 11.3. The van der Waals surface area contributed by atoms with Gasteiger partial charge in [-0.25, -0.2) is 10.6 Å². The van der Waals surface area contributed by atoms with Gasteiger partial charge in [0.2, 0.25) is 17.7 Å². The Morgan fingerprint density at radius 2 is 1.53 bits per heavy atom. The number of alkyl carbamates (subject to hydrolysis) is 1. The monoisotopic (exact) mass is 434 g/mol. The summed E-state index contributed by atoms with van der Waals surface area (Å²) < 4.78 is 4.98. The summed E-state index contributed by atoms with van der Waals surface area (Å²) in [5, 5.41) is 27.8. The fourth-order valence-corrected chi connectivity index (χ4v) is 1.87. The van der Waals surface area contributed by atoms with E-state index in [-0.39, 0.29) is 0 Å². The highest BCUT2D eigenvalue weighted by Gasteiger charge is 2.30. The van der Waals surface area contributed by atoms with Gasteiger partial charge in [0.25, 0.3) is 5.91 Å². The lowest BCUT2D eigenvalue weighted by atomic mass is 10.1. The zero-order chi connectivity index (χ0) is 23.5. The molecule has 0 aromatic heterocycles. The van der Waals surface area contributed by atoms with Crippen molar-refractivity contribution in [3.05, 3.63) is 0 Å². The zero-order valence-electron chi connectivity index (χ0n) is 17.3. The van der Waals surface area contributed by atoms with Gasteiger partial charge in [-0.2, -0.15) is 0 Å². The summed E-state index contributed by atoms with van der Waals surface area (Å²) in [6.07, 6.45) is -2.34. The highest BCUT2D eigenvalue weighted by atomic mass is 16.6. The summed E-state index contributed by atoms with van der Waals surface area (Å²) in [4.78, 5) is 58.8. The SMILES string of the molecule is C[C@@H](O)[C@H](NC(=O)[C@H](CO)NC(=O)OC(C)(C)C)C(=O)NCC(=O)NCC(=O)NN. The van der Waals surface area contributed by atoms with E-state index in [0.29, 0.717) is 0 Å². The summed E-state index contributed by atoms with van der Waals surface area (Å²) in [5.74, 6) is 1.60. The van der Waals surface area contributed by atoms with Crippen molar-refractivity contribution >= 4 is 29.7 Å². The van der Waals surface area contributed by atoms with E-state index >= 15 is 0 Å². The molecule has 9 N–H and O–H groups in total. The zero-order valence-corrected chi connectivity index (χ0v) is 17.3. The molecule has 3 atom stereocenters. The predicted molar refractivity (Wildman–Crippen MR) is 102 cm³/mol. The van der Waals surface area contributed by atoms with Crippen LogP contribution in [0.2, 0.25) is 0 Å². The van der Waals surface area contributed by atoms with Crippen LogP contribution in [0.15, 0.2) is 0 Å². The van der Waals surface area contributed by atoms with Crippen LogP contribution in [0.3, 0.4) is 0 Å². The highest BCUT2D eigenvalue weighted by Crippen LogP contribution is 2.06. The van der Waals surface area contributed by atoms with E-state index in [0.717, 1.165) is 0 Å². The lowest BCUT2D eigenvalue weighted by Gasteiger charge is -2.25. The number of amides is 5. The summed E-state index contributed by atoms with van der Waals surface area (Å²) in [5.41, 5.74) is 0.962. The molecule has 0 aliphatic rings. The molecule has 0 radical (unpaired) electrons. The number of nitrogens with two attached hydrogens (primary N) is 1. The maximum atomic E-state index is 12.3. The molecule has 0 saturated heterocycles. The second-order valence-electron chi connectivity index (χ2n) is 7.17. The predicted octanol–water partition coefficient (Wildman–Crippen LogP) is -4.04. The Bertz CT molecular complexity index is 634. The molecule has 0 aliphatic carbocycles. The summed E-state index contributed by atoms with van der Waals surface area (Å²) in [7, 11) is 0. The normalized spacial score (nSPS) is 13.8. The van der Waals surface area contributed by atoms with Crippen LogP contribution in [-0.2, 0) is 23.9 Å². The fourth-order valence-electron chi connectivity index (χ4n) is 1.87. The van der Waals surface area contributed by atoms with Crippen LogP contribution >= 0.6 is 0 Å².